The lowest BCUT2D eigenvalue weighted by molar-refractivity contribution is 0.609. The molecule has 2 heterocycles. The highest BCUT2D eigenvalue weighted by Crippen LogP contribution is 2.42. The SMILES string of the molecule is CCCCn1c(C2CC2)nc(-c2cncn2CCC)c1N. The van der Waals surface area contributed by atoms with Crippen LogP contribution in [-0.4, -0.2) is 19.1 Å². The predicted molar refractivity (Wildman–Crippen MR) is 85.0 cm³/mol. The van der Waals surface area contributed by atoms with Gasteiger partial charge in [-0.15, -0.1) is 0 Å². The van der Waals surface area contributed by atoms with Crippen molar-refractivity contribution >= 4 is 5.82 Å². The highest BCUT2D eigenvalue weighted by molar-refractivity contribution is 5.68. The van der Waals surface area contributed by atoms with E-state index >= 15 is 0 Å². The molecule has 1 aliphatic carbocycles. The summed E-state index contributed by atoms with van der Waals surface area (Å²) in [5.74, 6) is 2.60. The molecule has 114 valence electrons. The molecule has 0 aliphatic heterocycles. The second kappa shape index (κ2) is 5.92. The molecule has 0 radical (unpaired) electrons. The number of hydrogen-bond donors (Lipinski definition) is 1. The van der Waals surface area contributed by atoms with Crippen molar-refractivity contribution in [2.75, 3.05) is 5.73 Å². The van der Waals surface area contributed by atoms with Crippen LogP contribution >= 0.6 is 0 Å². The fourth-order valence-electron chi connectivity index (χ4n) is 2.81. The number of hydrogen-bond acceptors (Lipinski definition) is 3. The number of rotatable bonds is 7. The van der Waals surface area contributed by atoms with Crippen molar-refractivity contribution in [2.45, 2.75) is 65.0 Å². The molecule has 2 aromatic rings. The van der Waals surface area contributed by atoms with Crippen LogP contribution < -0.4 is 5.73 Å². The predicted octanol–water partition coefficient (Wildman–Crippen LogP) is 3.42. The Kier molecular flexibility index (Phi) is 3.99. The summed E-state index contributed by atoms with van der Waals surface area (Å²) in [6.07, 6.45) is 9.65. The van der Waals surface area contributed by atoms with Gasteiger partial charge in [0.2, 0.25) is 0 Å². The first-order valence-electron chi connectivity index (χ1n) is 8.12. The highest BCUT2D eigenvalue weighted by Gasteiger charge is 2.31. The molecule has 2 aromatic heterocycles. The van der Waals surface area contributed by atoms with Gasteiger partial charge in [0.15, 0.2) is 0 Å². The van der Waals surface area contributed by atoms with E-state index in [-0.39, 0.29) is 0 Å². The molecule has 0 unspecified atom stereocenters. The van der Waals surface area contributed by atoms with Gasteiger partial charge in [0.05, 0.1) is 18.2 Å². The van der Waals surface area contributed by atoms with E-state index in [1.54, 1.807) is 0 Å². The van der Waals surface area contributed by atoms with E-state index < -0.39 is 0 Å². The van der Waals surface area contributed by atoms with Gasteiger partial charge in [0, 0.05) is 19.0 Å². The van der Waals surface area contributed by atoms with E-state index in [1.807, 2.05) is 12.5 Å². The minimum absolute atomic E-state index is 0.612. The zero-order valence-corrected chi connectivity index (χ0v) is 13.0. The Hall–Kier alpha value is -1.78. The summed E-state index contributed by atoms with van der Waals surface area (Å²) in [7, 11) is 0. The number of unbranched alkanes of at least 4 members (excludes halogenated alkanes) is 1. The Morgan fingerprint density at radius 3 is 2.71 bits per heavy atom. The summed E-state index contributed by atoms with van der Waals surface area (Å²) < 4.78 is 4.39. The van der Waals surface area contributed by atoms with Crippen molar-refractivity contribution in [1.82, 2.24) is 19.1 Å². The van der Waals surface area contributed by atoms with E-state index in [1.165, 1.54) is 25.1 Å². The summed E-state index contributed by atoms with van der Waals surface area (Å²) in [6.45, 7) is 6.31. The molecule has 0 bridgehead atoms. The maximum Gasteiger partial charge on any atom is 0.133 e. The number of aromatic nitrogens is 4. The zero-order chi connectivity index (χ0) is 14.8. The normalized spacial score (nSPS) is 14.8. The van der Waals surface area contributed by atoms with Crippen LogP contribution in [0.15, 0.2) is 12.5 Å². The first-order chi connectivity index (χ1) is 10.3. The Morgan fingerprint density at radius 1 is 1.24 bits per heavy atom. The average Bonchev–Trinajstić information content (AvgIpc) is 3.14. The Labute approximate surface area is 126 Å². The standard InChI is InChI=1S/C16H25N5/c1-3-5-9-21-15(17)14(19-16(21)12-6-7-12)13-10-18-11-20(13)8-4-2/h10-12H,3-9,17H2,1-2H3. The lowest BCUT2D eigenvalue weighted by Gasteiger charge is -2.09. The van der Waals surface area contributed by atoms with Gasteiger partial charge >= 0.3 is 0 Å². The molecular weight excluding hydrogens is 262 g/mol. The summed E-state index contributed by atoms with van der Waals surface area (Å²) in [4.78, 5) is 9.17. The first-order valence-corrected chi connectivity index (χ1v) is 8.12. The van der Waals surface area contributed by atoms with Gasteiger partial charge in [-0.1, -0.05) is 20.3 Å². The molecule has 1 fully saturated rings. The number of nitrogens with zero attached hydrogens (tertiary/aromatic N) is 4. The molecule has 1 saturated carbocycles. The molecule has 5 nitrogen and oxygen atoms in total. The fraction of sp³-hybridized carbons (Fsp3) is 0.625. The van der Waals surface area contributed by atoms with Crippen molar-refractivity contribution in [3.05, 3.63) is 18.3 Å². The summed E-state index contributed by atoms with van der Waals surface area (Å²) in [5, 5.41) is 0. The molecule has 0 spiro atoms. The van der Waals surface area contributed by atoms with Gasteiger partial charge in [0.1, 0.15) is 17.3 Å². The maximum absolute atomic E-state index is 6.43. The van der Waals surface area contributed by atoms with E-state index in [2.05, 4.69) is 28.0 Å². The molecule has 0 saturated heterocycles. The van der Waals surface area contributed by atoms with Gasteiger partial charge in [-0.25, -0.2) is 9.97 Å². The molecule has 21 heavy (non-hydrogen) atoms. The van der Waals surface area contributed by atoms with E-state index in [4.69, 9.17) is 10.7 Å². The molecule has 0 amide bonds. The molecule has 2 N–H and O–H groups in total. The maximum atomic E-state index is 6.43. The average molecular weight is 287 g/mol. The smallest absolute Gasteiger partial charge is 0.133 e. The third-order valence-corrected chi connectivity index (χ3v) is 4.13. The summed E-state index contributed by atoms with van der Waals surface area (Å²) in [6, 6.07) is 0. The van der Waals surface area contributed by atoms with Gasteiger partial charge in [-0.2, -0.15) is 0 Å². The van der Waals surface area contributed by atoms with Crippen molar-refractivity contribution < 1.29 is 0 Å². The van der Waals surface area contributed by atoms with Gasteiger partial charge in [0.25, 0.3) is 0 Å². The van der Waals surface area contributed by atoms with Gasteiger partial charge < -0.3 is 14.9 Å². The quantitative estimate of drug-likeness (QED) is 0.848. The minimum atomic E-state index is 0.612. The molecule has 0 atom stereocenters. The van der Waals surface area contributed by atoms with Crippen molar-refractivity contribution in [3.63, 3.8) is 0 Å². The largest absolute Gasteiger partial charge is 0.383 e. The van der Waals surface area contributed by atoms with Crippen LogP contribution in [0.5, 0.6) is 0 Å². The third-order valence-electron chi connectivity index (χ3n) is 4.13. The number of aryl methyl sites for hydroxylation is 1. The molecule has 5 heteroatoms. The van der Waals surface area contributed by atoms with Crippen molar-refractivity contribution in [3.8, 4) is 11.4 Å². The molecule has 1 aliphatic rings. The minimum Gasteiger partial charge on any atom is -0.383 e. The Balaban J connectivity index is 2.00. The number of anilines is 1. The number of nitrogens with two attached hydrogens (primary N) is 1. The highest BCUT2D eigenvalue weighted by atomic mass is 15.2. The number of nitrogen functional groups attached to an aromatic ring is 1. The molecular formula is C16H25N5. The monoisotopic (exact) mass is 287 g/mol. The lowest BCUT2D eigenvalue weighted by atomic mass is 10.3. The second-order valence-corrected chi connectivity index (χ2v) is 5.96. The zero-order valence-electron chi connectivity index (χ0n) is 13.0. The Morgan fingerprint density at radius 2 is 2.05 bits per heavy atom. The van der Waals surface area contributed by atoms with Crippen LogP contribution in [0, 0.1) is 0 Å². The molecule has 0 aromatic carbocycles. The topological polar surface area (TPSA) is 61.7 Å². The van der Waals surface area contributed by atoms with Gasteiger partial charge in [-0.05, 0) is 25.7 Å². The second-order valence-electron chi connectivity index (χ2n) is 5.96. The Bertz CT molecular complexity index is 606. The van der Waals surface area contributed by atoms with Crippen LogP contribution in [-0.2, 0) is 13.1 Å². The van der Waals surface area contributed by atoms with Crippen LogP contribution in [0.2, 0.25) is 0 Å². The van der Waals surface area contributed by atoms with Crippen molar-refractivity contribution in [2.24, 2.45) is 0 Å². The van der Waals surface area contributed by atoms with Crippen LogP contribution in [0.3, 0.4) is 0 Å². The van der Waals surface area contributed by atoms with Crippen LogP contribution in [0.1, 0.15) is 57.7 Å². The summed E-state index contributed by atoms with van der Waals surface area (Å²) >= 11 is 0. The number of imidazole rings is 2. The third kappa shape index (κ3) is 2.69. The van der Waals surface area contributed by atoms with Crippen LogP contribution in [0.4, 0.5) is 5.82 Å². The van der Waals surface area contributed by atoms with Crippen molar-refractivity contribution in [1.29, 1.82) is 0 Å². The van der Waals surface area contributed by atoms with E-state index in [0.29, 0.717) is 5.92 Å². The van der Waals surface area contributed by atoms with Crippen LogP contribution in [0.25, 0.3) is 11.4 Å². The molecule has 3 rings (SSSR count). The lowest BCUT2D eigenvalue weighted by Crippen LogP contribution is -2.07. The van der Waals surface area contributed by atoms with E-state index in [9.17, 15) is 0 Å². The first kappa shape index (κ1) is 14.2. The fourth-order valence-corrected chi connectivity index (χ4v) is 2.81. The van der Waals surface area contributed by atoms with Gasteiger partial charge in [-0.3, -0.25) is 0 Å². The van der Waals surface area contributed by atoms with E-state index in [0.717, 1.165) is 43.1 Å². The summed E-state index contributed by atoms with van der Waals surface area (Å²) in [5.41, 5.74) is 8.39.